The smallest absolute Gasteiger partial charge is 0.0679 e. The standard InChI is InChI=1S/C14H16INS/c1-9-5-4-6-11(13(9)15)14(16-3)12-8-7-10(2)17-12/h4-8,14,16H,1-3H3. The predicted octanol–water partition coefficient (Wildman–Crippen LogP) is 4.28. The Morgan fingerprint density at radius 3 is 2.53 bits per heavy atom. The minimum absolute atomic E-state index is 0.306. The maximum Gasteiger partial charge on any atom is 0.0679 e. The summed E-state index contributed by atoms with van der Waals surface area (Å²) in [6.07, 6.45) is 0. The summed E-state index contributed by atoms with van der Waals surface area (Å²) in [4.78, 5) is 2.75. The Balaban J connectivity index is 2.45. The molecule has 17 heavy (non-hydrogen) atoms. The Hall–Kier alpha value is -0.390. The molecule has 0 saturated heterocycles. The number of benzene rings is 1. The van der Waals surface area contributed by atoms with Gasteiger partial charge in [0.2, 0.25) is 0 Å². The highest BCUT2D eigenvalue weighted by molar-refractivity contribution is 14.1. The van der Waals surface area contributed by atoms with Crippen molar-refractivity contribution in [3.8, 4) is 0 Å². The van der Waals surface area contributed by atoms with Gasteiger partial charge in [-0.05, 0) is 66.7 Å². The number of halogens is 1. The van der Waals surface area contributed by atoms with Crippen LogP contribution in [0, 0.1) is 17.4 Å². The van der Waals surface area contributed by atoms with Gasteiger partial charge in [0.25, 0.3) is 0 Å². The highest BCUT2D eigenvalue weighted by Crippen LogP contribution is 2.31. The van der Waals surface area contributed by atoms with Crippen LogP contribution >= 0.6 is 33.9 Å². The van der Waals surface area contributed by atoms with Crippen molar-refractivity contribution in [2.45, 2.75) is 19.9 Å². The number of thiophene rings is 1. The van der Waals surface area contributed by atoms with Crippen molar-refractivity contribution in [3.63, 3.8) is 0 Å². The summed E-state index contributed by atoms with van der Waals surface area (Å²) < 4.78 is 1.36. The number of nitrogens with one attached hydrogen (secondary N) is 1. The fourth-order valence-corrected chi connectivity index (χ4v) is 3.63. The quantitative estimate of drug-likeness (QED) is 0.809. The molecule has 0 aliphatic carbocycles. The van der Waals surface area contributed by atoms with Gasteiger partial charge in [-0.2, -0.15) is 0 Å². The molecule has 0 spiro atoms. The zero-order valence-electron chi connectivity index (χ0n) is 10.3. The summed E-state index contributed by atoms with van der Waals surface area (Å²) in [6, 6.07) is 11.2. The first-order valence-corrected chi connectivity index (χ1v) is 7.51. The van der Waals surface area contributed by atoms with E-state index in [4.69, 9.17) is 0 Å². The van der Waals surface area contributed by atoms with Crippen molar-refractivity contribution in [2.24, 2.45) is 0 Å². The van der Waals surface area contributed by atoms with Crippen LogP contribution in [0.2, 0.25) is 0 Å². The van der Waals surface area contributed by atoms with Gasteiger partial charge in [-0.25, -0.2) is 0 Å². The van der Waals surface area contributed by atoms with Crippen LogP contribution in [0.25, 0.3) is 0 Å². The third-order valence-corrected chi connectivity index (χ3v) is 5.41. The molecule has 1 nitrogen and oxygen atoms in total. The molecule has 2 aromatic rings. The number of aryl methyl sites for hydroxylation is 2. The molecule has 90 valence electrons. The van der Waals surface area contributed by atoms with Crippen LogP contribution in [0.5, 0.6) is 0 Å². The van der Waals surface area contributed by atoms with Crippen LogP contribution < -0.4 is 5.32 Å². The van der Waals surface area contributed by atoms with E-state index in [1.165, 1.54) is 24.5 Å². The predicted molar refractivity (Wildman–Crippen MR) is 83.9 cm³/mol. The Labute approximate surface area is 120 Å². The molecule has 1 unspecified atom stereocenters. The first-order chi connectivity index (χ1) is 8.13. The maximum atomic E-state index is 3.42. The Morgan fingerprint density at radius 2 is 1.94 bits per heavy atom. The first kappa shape index (κ1) is 13.1. The van der Waals surface area contributed by atoms with Gasteiger partial charge in [0, 0.05) is 13.3 Å². The molecule has 1 aromatic heterocycles. The molecule has 1 atom stereocenters. The molecule has 2 rings (SSSR count). The molecule has 1 aromatic carbocycles. The lowest BCUT2D eigenvalue weighted by molar-refractivity contribution is 0.700. The van der Waals surface area contributed by atoms with Crippen molar-refractivity contribution in [3.05, 3.63) is 54.8 Å². The second-order valence-electron chi connectivity index (χ2n) is 4.15. The van der Waals surface area contributed by atoms with Crippen molar-refractivity contribution in [2.75, 3.05) is 7.05 Å². The van der Waals surface area contributed by atoms with E-state index < -0.39 is 0 Å². The van der Waals surface area contributed by atoms with E-state index in [0.29, 0.717) is 6.04 Å². The van der Waals surface area contributed by atoms with E-state index in [-0.39, 0.29) is 0 Å². The molecule has 0 fully saturated rings. The highest BCUT2D eigenvalue weighted by atomic mass is 127. The first-order valence-electron chi connectivity index (χ1n) is 5.62. The third kappa shape index (κ3) is 2.72. The third-order valence-electron chi connectivity index (χ3n) is 2.87. The summed E-state index contributed by atoms with van der Waals surface area (Å²) in [5.74, 6) is 0. The zero-order valence-corrected chi connectivity index (χ0v) is 13.2. The second kappa shape index (κ2) is 5.50. The van der Waals surface area contributed by atoms with Gasteiger partial charge in [-0.15, -0.1) is 11.3 Å². The van der Waals surface area contributed by atoms with Crippen LogP contribution in [0.4, 0.5) is 0 Å². The Kier molecular flexibility index (Phi) is 4.22. The molecule has 1 heterocycles. The second-order valence-corrected chi connectivity index (χ2v) is 6.55. The van der Waals surface area contributed by atoms with Gasteiger partial charge < -0.3 is 5.32 Å². The lowest BCUT2D eigenvalue weighted by atomic mass is 10.0. The summed E-state index contributed by atoms with van der Waals surface area (Å²) >= 11 is 4.31. The topological polar surface area (TPSA) is 12.0 Å². The van der Waals surface area contributed by atoms with Crippen LogP contribution in [-0.2, 0) is 0 Å². The van der Waals surface area contributed by atoms with Crippen LogP contribution in [0.3, 0.4) is 0 Å². The molecular formula is C14H16INS. The number of hydrogen-bond acceptors (Lipinski definition) is 2. The molecule has 0 bridgehead atoms. The van der Waals surface area contributed by atoms with Crippen molar-refractivity contribution in [1.82, 2.24) is 5.32 Å². The fraction of sp³-hybridized carbons (Fsp3) is 0.286. The monoisotopic (exact) mass is 357 g/mol. The summed E-state index contributed by atoms with van der Waals surface area (Å²) in [5.41, 5.74) is 2.71. The molecule has 3 heteroatoms. The van der Waals surface area contributed by atoms with Gasteiger partial charge in [-0.1, -0.05) is 18.2 Å². The minimum Gasteiger partial charge on any atom is -0.309 e. The normalized spacial score (nSPS) is 12.7. The fourth-order valence-electron chi connectivity index (χ4n) is 1.95. The van der Waals surface area contributed by atoms with E-state index in [1.54, 1.807) is 0 Å². The average Bonchev–Trinajstić information content (AvgIpc) is 2.72. The molecule has 1 N–H and O–H groups in total. The maximum absolute atomic E-state index is 3.42. The SMILES string of the molecule is CNC(c1ccc(C)s1)c1cccc(C)c1I. The minimum atomic E-state index is 0.306. The van der Waals surface area contributed by atoms with E-state index >= 15 is 0 Å². The van der Waals surface area contributed by atoms with E-state index in [1.807, 2.05) is 18.4 Å². The molecule has 0 amide bonds. The largest absolute Gasteiger partial charge is 0.309 e. The van der Waals surface area contributed by atoms with E-state index in [2.05, 4.69) is 72.1 Å². The van der Waals surface area contributed by atoms with Gasteiger partial charge >= 0.3 is 0 Å². The van der Waals surface area contributed by atoms with E-state index in [9.17, 15) is 0 Å². The van der Waals surface area contributed by atoms with Crippen molar-refractivity contribution >= 4 is 33.9 Å². The lowest BCUT2D eigenvalue weighted by Crippen LogP contribution is -2.17. The van der Waals surface area contributed by atoms with Crippen LogP contribution in [0.15, 0.2) is 30.3 Å². The molecular weight excluding hydrogens is 341 g/mol. The molecule has 0 saturated carbocycles. The van der Waals surface area contributed by atoms with Gasteiger partial charge in [-0.3, -0.25) is 0 Å². The van der Waals surface area contributed by atoms with Crippen LogP contribution in [0.1, 0.15) is 26.9 Å². The lowest BCUT2D eigenvalue weighted by Gasteiger charge is -2.18. The van der Waals surface area contributed by atoms with Crippen molar-refractivity contribution in [1.29, 1.82) is 0 Å². The van der Waals surface area contributed by atoms with Crippen LogP contribution in [-0.4, -0.2) is 7.05 Å². The highest BCUT2D eigenvalue weighted by Gasteiger charge is 2.16. The van der Waals surface area contributed by atoms with E-state index in [0.717, 1.165) is 0 Å². The Morgan fingerprint density at radius 1 is 1.18 bits per heavy atom. The Bertz CT molecular complexity index is 519. The van der Waals surface area contributed by atoms with Gasteiger partial charge in [0.1, 0.15) is 0 Å². The number of rotatable bonds is 3. The van der Waals surface area contributed by atoms with Gasteiger partial charge in [0.15, 0.2) is 0 Å². The summed E-state index contributed by atoms with van der Waals surface area (Å²) in [5, 5.41) is 3.42. The molecule has 0 aliphatic rings. The molecule has 0 radical (unpaired) electrons. The summed E-state index contributed by atoms with van der Waals surface area (Å²) in [6.45, 7) is 4.32. The molecule has 0 aliphatic heterocycles. The van der Waals surface area contributed by atoms with Crippen molar-refractivity contribution < 1.29 is 0 Å². The zero-order chi connectivity index (χ0) is 12.4. The number of hydrogen-bond donors (Lipinski definition) is 1. The van der Waals surface area contributed by atoms with Gasteiger partial charge in [0.05, 0.1) is 6.04 Å². The average molecular weight is 357 g/mol. The summed E-state index contributed by atoms with van der Waals surface area (Å²) in [7, 11) is 2.03.